The Kier molecular flexibility index (Phi) is 3.69. The Morgan fingerprint density at radius 2 is 2.00 bits per heavy atom. The van der Waals surface area contributed by atoms with Crippen molar-refractivity contribution in [1.29, 1.82) is 0 Å². The molecule has 3 heteroatoms. The van der Waals surface area contributed by atoms with Gasteiger partial charge in [-0.3, -0.25) is 0 Å². The van der Waals surface area contributed by atoms with Gasteiger partial charge in [0, 0.05) is 10.2 Å². The Morgan fingerprint density at radius 3 is 2.71 bits per heavy atom. The summed E-state index contributed by atoms with van der Waals surface area (Å²) in [6, 6.07) is 13.8. The van der Waals surface area contributed by atoms with Crippen LogP contribution in [0.2, 0.25) is 0 Å². The van der Waals surface area contributed by atoms with Crippen molar-refractivity contribution in [2.24, 2.45) is 0 Å². The van der Waals surface area contributed by atoms with Gasteiger partial charge in [-0.2, -0.15) is 0 Å². The molecule has 2 N–H and O–H groups in total. The number of aryl methyl sites for hydroxylation is 1. The molecule has 0 fully saturated rings. The number of anilines is 1. The lowest BCUT2D eigenvalue weighted by molar-refractivity contribution is 0.306. The first-order chi connectivity index (χ1) is 8.15. The van der Waals surface area contributed by atoms with Crippen molar-refractivity contribution in [3.8, 4) is 5.75 Å². The van der Waals surface area contributed by atoms with E-state index in [0.29, 0.717) is 6.61 Å². The third kappa shape index (κ3) is 3.24. The van der Waals surface area contributed by atoms with Crippen LogP contribution in [0.4, 0.5) is 5.69 Å². The molecule has 2 nitrogen and oxygen atoms in total. The summed E-state index contributed by atoms with van der Waals surface area (Å²) in [4.78, 5) is 0. The summed E-state index contributed by atoms with van der Waals surface area (Å²) in [5, 5.41) is 0. The van der Waals surface area contributed by atoms with E-state index in [1.165, 1.54) is 0 Å². The highest BCUT2D eigenvalue weighted by atomic mass is 79.9. The zero-order valence-electron chi connectivity index (χ0n) is 9.61. The van der Waals surface area contributed by atoms with E-state index in [0.717, 1.165) is 27.0 Å². The molecule has 2 aromatic rings. The van der Waals surface area contributed by atoms with E-state index in [1.54, 1.807) is 0 Å². The van der Waals surface area contributed by atoms with Crippen LogP contribution < -0.4 is 10.5 Å². The number of hydrogen-bond acceptors (Lipinski definition) is 2. The van der Waals surface area contributed by atoms with Gasteiger partial charge < -0.3 is 10.5 Å². The summed E-state index contributed by atoms with van der Waals surface area (Å²) in [7, 11) is 0. The van der Waals surface area contributed by atoms with Crippen molar-refractivity contribution in [1.82, 2.24) is 0 Å². The summed E-state index contributed by atoms with van der Waals surface area (Å²) in [5.74, 6) is 0.844. The van der Waals surface area contributed by atoms with Gasteiger partial charge in [-0.15, -0.1) is 0 Å². The fraction of sp³-hybridized carbons (Fsp3) is 0.143. The maximum Gasteiger partial charge on any atom is 0.120 e. The quantitative estimate of drug-likeness (QED) is 0.870. The SMILES string of the molecule is Cc1cc(OCc2cccc(Br)c2)ccc1N. The molecule has 0 radical (unpaired) electrons. The number of rotatable bonds is 3. The van der Waals surface area contributed by atoms with Crippen LogP contribution in [0.5, 0.6) is 5.75 Å². The maximum atomic E-state index is 5.75. The molecule has 0 saturated heterocycles. The second-order valence-corrected chi connectivity index (χ2v) is 4.85. The van der Waals surface area contributed by atoms with Crippen molar-refractivity contribution in [2.75, 3.05) is 5.73 Å². The lowest BCUT2D eigenvalue weighted by atomic mass is 10.2. The molecule has 0 aliphatic carbocycles. The predicted molar refractivity (Wildman–Crippen MR) is 74.1 cm³/mol. The summed E-state index contributed by atoms with van der Waals surface area (Å²) < 4.78 is 6.77. The van der Waals surface area contributed by atoms with Crippen molar-refractivity contribution in [3.05, 3.63) is 58.1 Å². The van der Waals surface area contributed by atoms with Crippen molar-refractivity contribution in [2.45, 2.75) is 13.5 Å². The highest BCUT2D eigenvalue weighted by Gasteiger charge is 1.99. The van der Waals surface area contributed by atoms with E-state index < -0.39 is 0 Å². The lowest BCUT2D eigenvalue weighted by Gasteiger charge is -2.08. The van der Waals surface area contributed by atoms with Crippen LogP contribution in [-0.4, -0.2) is 0 Å². The molecule has 0 aliphatic heterocycles. The van der Waals surface area contributed by atoms with Gasteiger partial charge in [0.05, 0.1) is 0 Å². The van der Waals surface area contributed by atoms with Gasteiger partial charge in [-0.25, -0.2) is 0 Å². The van der Waals surface area contributed by atoms with E-state index in [9.17, 15) is 0 Å². The second-order valence-electron chi connectivity index (χ2n) is 3.94. The topological polar surface area (TPSA) is 35.2 Å². The van der Waals surface area contributed by atoms with Crippen LogP contribution >= 0.6 is 15.9 Å². The molecular weight excluding hydrogens is 278 g/mol. The average Bonchev–Trinajstić information content (AvgIpc) is 2.31. The summed E-state index contributed by atoms with van der Waals surface area (Å²) in [6.07, 6.45) is 0. The molecule has 2 rings (SSSR count). The third-order valence-corrected chi connectivity index (χ3v) is 3.03. The number of nitrogen functional groups attached to an aromatic ring is 1. The summed E-state index contributed by atoms with van der Waals surface area (Å²) in [6.45, 7) is 2.53. The van der Waals surface area contributed by atoms with Gasteiger partial charge >= 0.3 is 0 Å². The molecular formula is C14H14BrNO. The Hall–Kier alpha value is -1.48. The number of nitrogens with two attached hydrogens (primary N) is 1. The average molecular weight is 292 g/mol. The molecule has 0 heterocycles. The first-order valence-electron chi connectivity index (χ1n) is 5.38. The summed E-state index contributed by atoms with van der Waals surface area (Å²) >= 11 is 3.44. The van der Waals surface area contributed by atoms with E-state index in [4.69, 9.17) is 10.5 Å². The minimum absolute atomic E-state index is 0.558. The van der Waals surface area contributed by atoms with Crippen LogP contribution in [0.3, 0.4) is 0 Å². The van der Waals surface area contributed by atoms with E-state index in [1.807, 2.05) is 49.4 Å². The number of halogens is 1. The second kappa shape index (κ2) is 5.23. The van der Waals surface area contributed by atoms with Gasteiger partial charge in [-0.05, 0) is 48.4 Å². The number of hydrogen-bond donors (Lipinski definition) is 1. The highest BCUT2D eigenvalue weighted by molar-refractivity contribution is 9.10. The first-order valence-corrected chi connectivity index (χ1v) is 6.18. The molecule has 0 unspecified atom stereocenters. The maximum absolute atomic E-state index is 5.75. The predicted octanol–water partition coefficient (Wildman–Crippen LogP) is 3.92. The first kappa shape index (κ1) is 12.0. The van der Waals surface area contributed by atoms with Gasteiger partial charge in [0.25, 0.3) is 0 Å². The number of ether oxygens (including phenoxy) is 1. The largest absolute Gasteiger partial charge is 0.489 e. The molecule has 0 bridgehead atoms. The molecule has 0 aliphatic rings. The van der Waals surface area contributed by atoms with E-state index in [-0.39, 0.29) is 0 Å². The highest BCUT2D eigenvalue weighted by Crippen LogP contribution is 2.20. The monoisotopic (exact) mass is 291 g/mol. The minimum atomic E-state index is 0.558. The zero-order chi connectivity index (χ0) is 12.3. The Bertz CT molecular complexity index is 525. The van der Waals surface area contributed by atoms with Crippen LogP contribution in [0.25, 0.3) is 0 Å². The van der Waals surface area contributed by atoms with Crippen LogP contribution in [0.1, 0.15) is 11.1 Å². The van der Waals surface area contributed by atoms with Gasteiger partial charge in [0.2, 0.25) is 0 Å². The number of benzene rings is 2. The van der Waals surface area contributed by atoms with E-state index in [2.05, 4.69) is 15.9 Å². The minimum Gasteiger partial charge on any atom is -0.489 e. The van der Waals surface area contributed by atoms with E-state index >= 15 is 0 Å². The molecule has 88 valence electrons. The Labute approximate surface area is 110 Å². The third-order valence-electron chi connectivity index (χ3n) is 2.54. The standard InChI is InChI=1S/C14H14BrNO/c1-10-7-13(5-6-14(10)16)17-9-11-3-2-4-12(15)8-11/h2-8H,9,16H2,1H3. The fourth-order valence-corrected chi connectivity index (χ4v) is 1.98. The molecule has 0 atom stereocenters. The Morgan fingerprint density at radius 1 is 1.18 bits per heavy atom. The molecule has 0 spiro atoms. The van der Waals surface area contributed by atoms with Gasteiger partial charge in [-0.1, -0.05) is 28.1 Å². The molecule has 17 heavy (non-hydrogen) atoms. The van der Waals surface area contributed by atoms with Crippen molar-refractivity contribution >= 4 is 21.6 Å². The zero-order valence-corrected chi connectivity index (χ0v) is 11.2. The summed E-state index contributed by atoms with van der Waals surface area (Å²) in [5.41, 5.74) is 8.72. The van der Waals surface area contributed by atoms with Crippen molar-refractivity contribution < 1.29 is 4.74 Å². The van der Waals surface area contributed by atoms with Crippen molar-refractivity contribution in [3.63, 3.8) is 0 Å². The van der Waals surface area contributed by atoms with Crippen LogP contribution in [-0.2, 0) is 6.61 Å². The van der Waals surface area contributed by atoms with Crippen LogP contribution in [0, 0.1) is 6.92 Å². The van der Waals surface area contributed by atoms with Crippen LogP contribution in [0.15, 0.2) is 46.9 Å². The molecule has 0 amide bonds. The molecule has 0 saturated carbocycles. The van der Waals surface area contributed by atoms with Gasteiger partial charge in [0.1, 0.15) is 12.4 Å². The Balaban J connectivity index is 2.05. The fourth-order valence-electron chi connectivity index (χ4n) is 1.53. The smallest absolute Gasteiger partial charge is 0.120 e. The lowest BCUT2D eigenvalue weighted by Crippen LogP contribution is -1.96. The molecule has 2 aromatic carbocycles. The normalized spacial score (nSPS) is 10.2. The van der Waals surface area contributed by atoms with Gasteiger partial charge in [0.15, 0.2) is 0 Å². The molecule has 0 aromatic heterocycles.